The lowest BCUT2D eigenvalue weighted by molar-refractivity contribution is -0.132. The molecule has 0 saturated carbocycles. The SMILES string of the molecule is CCC(C)c1ccccc1OCC(=O)N(C)Cc1cccc(F)c1. The summed E-state index contributed by atoms with van der Waals surface area (Å²) in [6.45, 7) is 4.59. The van der Waals surface area contributed by atoms with Crippen LogP contribution in [0.25, 0.3) is 0 Å². The van der Waals surface area contributed by atoms with Crippen LogP contribution in [0.15, 0.2) is 48.5 Å². The van der Waals surface area contributed by atoms with Gasteiger partial charge in [0.25, 0.3) is 5.91 Å². The lowest BCUT2D eigenvalue weighted by Gasteiger charge is -2.19. The molecular weight excluding hydrogens is 305 g/mol. The number of likely N-dealkylation sites (N-methyl/N-ethyl adjacent to an activating group) is 1. The molecular formula is C20H24FNO2. The summed E-state index contributed by atoms with van der Waals surface area (Å²) < 4.78 is 19.0. The summed E-state index contributed by atoms with van der Waals surface area (Å²) in [5.41, 5.74) is 1.87. The third kappa shape index (κ3) is 4.82. The molecule has 0 N–H and O–H groups in total. The molecule has 1 amide bonds. The molecule has 0 spiro atoms. The molecule has 24 heavy (non-hydrogen) atoms. The van der Waals surface area contributed by atoms with Crippen molar-refractivity contribution in [2.75, 3.05) is 13.7 Å². The van der Waals surface area contributed by atoms with E-state index in [0.29, 0.717) is 12.5 Å². The van der Waals surface area contributed by atoms with Gasteiger partial charge in [0.1, 0.15) is 11.6 Å². The zero-order valence-corrected chi connectivity index (χ0v) is 14.5. The van der Waals surface area contributed by atoms with Crippen LogP contribution in [0.5, 0.6) is 5.75 Å². The molecule has 0 bridgehead atoms. The number of nitrogens with zero attached hydrogens (tertiary/aromatic N) is 1. The van der Waals surface area contributed by atoms with E-state index in [1.165, 1.54) is 12.1 Å². The summed E-state index contributed by atoms with van der Waals surface area (Å²) in [5, 5.41) is 0. The zero-order valence-electron chi connectivity index (χ0n) is 14.5. The van der Waals surface area contributed by atoms with Gasteiger partial charge in [-0.15, -0.1) is 0 Å². The Morgan fingerprint density at radius 3 is 2.67 bits per heavy atom. The highest BCUT2D eigenvalue weighted by atomic mass is 19.1. The van der Waals surface area contributed by atoms with Gasteiger partial charge in [0.15, 0.2) is 6.61 Å². The van der Waals surface area contributed by atoms with Crippen molar-refractivity contribution < 1.29 is 13.9 Å². The van der Waals surface area contributed by atoms with E-state index in [4.69, 9.17) is 4.74 Å². The predicted molar refractivity (Wildman–Crippen MR) is 93.5 cm³/mol. The van der Waals surface area contributed by atoms with Gasteiger partial charge in [-0.1, -0.05) is 44.2 Å². The third-order valence-electron chi connectivity index (χ3n) is 4.15. The van der Waals surface area contributed by atoms with Crippen LogP contribution in [-0.4, -0.2) is 24.5 Å². The van der Waals surface area contributed by atoms with Gasteiger partial charge < -0.3 is 9.64 Å². The molecule has 4 heteroatoms. The van der Waals surface area contributed by atoms with Gasteiger partial charge in [-0.2, -0.15) is 0 Å². The maximum atomic E-state index is 13.2. The fraction of sp³-hybridized carbons (Fsp3) is 0.350. The summed E-state index contributed by atoms with van der Waals surface area (Å²) in [6.07, 6.45) is 1.01. The minimum absolute atomic E-state index is 0.0285. The molecule has 0 heterocycles. The standard InChI is InChI=1S/C20H24FNO2/c1-4-15(2)18-10-5-6-11-19(18)24-14-20(23)22(3)13-16-8-7-9-17(21)12-16/h5-12,15H,4,13-14H2,1-3H3. The second kappa shape index (κ2) is 8.48. The predicted octanol–water partition coefficient (Wildman–Crippen LogP) is 4.38. The lowest BCUT2D eigenvalue weighted by Crippen LogP contribution is -2.31. The number of halogens is 1. The molecule has 0 fully saturated rings. The summed E-state index contributed by atoms with van der Waals surface area (Å²) in [6, 6.07) is 14.1. The Kier molecular flexibility index (Phi) is 6.36. The van der Waals surface area contributed by atoms with E-state index in [0.717, 1.165) is 23.3 Å². The lowest BCUT2D eigenvalue weighted by atomic mass is 9.98. The van der Waals surface area contributed by atoms with E-state index in [-0.39, 0.29) is 18.3 Å². The average molecular weight is 329 g/mol. The van der Waals surface area contributed by atoms with Crippen molar-refractivity contribution in [3.8, 4) is 5.75 Å². The highest BCUT2D eigenvalue weighted by Gasteiger charge is 2.14. The van der Waals surface area contributed by atoms with Crippen molar-refractivity contribution in [1.82, 2.24) is 4.90 Å². The Balaban J connectivity index is 1.95. The van der Waals surface area contributed by atoms with Crippen molar-refractivity contribution >= 4 is 5.91 Å². The molecule has 3 nitrogen and oxygen atoms in total. The van der Waals surface area contributed by atoms with Gasteiger partial charge in [0.2, 0.25) is 0 Å². The summed E-state index contributed by atoms with van der Waals surface area (Å²) in [7, 11) is 1.69. The summed E-state index contributed by atoms with van der Waals surface area (Å²) >= 11 is 0. The molecule has 2 aromatic carbocycles. The summed E-state index contributed by atoms with van der Waals surface area (Å²) in [4.78, 5) is 13.8. The smallest absolute Gasteiger partial charge is 0.260 e. The topological polar surface area (TPSA) is 29.5 Å². The highest BCUT2D eigenvalue weighted by molar-refractivity contribution is 5.77. The molecule has 2 rings (SSSR count). The van der Waals surface area contributed by atoms with Crippen molar-refractivity contribution in [3.05, 3.63) is 65.5 Å². The number of hydrogen-bond acceptors (Lipinski definition) is 2. The molecule has 0 radical (unpaired) electrons. The molecule has 0 aliphatic heterocycles. The van der Waals surface area contributed by atoms with Crippen LogP contribution in [0, 0.1) is 5.82 Å². The second-order valence-electron chi connectivity index (χ2n) is 6.02. The van der Waals surface area contributed by atoms with Crippen LogP contribution < -0.4 is 4.74 Å². The van der Waals surface area contributed by atoms with Gasteiger partial charge in [-0.3, -0.25) is 4.79 Å². The average Bonchev–Trinajstić information content (AvgIpc) is 2.59. The van der Waals surface area contributed by atoms with E-state index < -0.39 is 0 Å². The van der Waals surface area contributed by atoms with Crippen molar-refractivity contribution in [2.45, 2.75) is 32.7 Å². The van der Waals surface area contributed by atoms with E-state index in [9.17, 15) is 9.18 Å². The van der Waals surface area contributed by atoms with Crippen LogP contribution in [0.4, 0.5) is 4.39 Å². The quantitative estimate of drug-likeness (QED) is 0.754. The number of amides is 1. The number of carbonyl (C=O) groups excluding carboxylic acids is 1. The molecule has 0 aromatic heterocycles. The highest BCUT2D eigenvalue weighted by Crippen LogP contribution is 2.28. The van der Waals surface area contributed by atoms with Crippen molar-refractivity contribution in [3.63, 3.8) is 0 Å². The Morgan fingerprint density at radius 1 is 1.21 bits per heavy atom. The molecule has 1 unspecified atom stereocenters. The number of hydrogen-bond donors (Lipinski definition) is 0. The first-order valence-corrected chi connectivity index (χ1v) is 8.21. The van der Waals surface area contributed by atoms with Crippen LogP contribution in [0.2, 0.25) is 0 Å². The van der Waals surface area contributed by atoms with Gasteiger partial charge in [-0.05, 0) is 41.7 Å². The molecule has 2 aromatic rings. The zero-order chi connectivity index (χ0) is 17.5. The first-order valence-electron chi connectivity index (χ1n) is 8.21. The molecule has 128 valence electrons. The fourth-order valence-corrected chi connectivity index (χ4v) is 2.49. The number of ether oxygens (including phenoxy) is 1. The van der Waals surface area contributed by atoms with E-state index in [1.807, 2.05) is 24.3 Å². The molecule has 1 atom stereocenters. The Morgan fingerprint density at radius 2 is 1.96 bits per heavy atom. The molecule has 0 aliphatic carbocycles. The third-order valence-corrected chi connectivity index (χ3v) is 4.15. The van der Waals surface area contributed by atoms with Crippen molar-refractivity contribution in [1.29, 1.82) is 0 Å². The molecule has 0 saturated heterocycles. The van der Waals surface area contributed by atoms with Crippen LogP contribution in [-0.2, 0) is 11.3 Å². The van der Waals surface area contributed by atoms with Crippen LogP contribution in [0.1, 0.15) is 37.3 Å². The van der Waals surface area contributed by atoms with E-state index in [2.05, 4.69) is 13.8 Å². The first kappa shape index (κ1) is 18.0. The second-order valence-corrected chi connectivity index (χ2v) is 6.02. The summed E-state index contributed by atoms with van der Waals surface area (Å²) in [5.74, 6) is 0.686. The number of benzene rings is 2. The largest absolute Gasteiger partial charge is 0.483 e. The van der Waals surface area contributed by atoms with Crippen LogP contribution in [0.3, 0.4) is 0 Å². The normalized spacial score (nSPS) is 11.8. The number of carbonyl (C=O) groups is 1. The maximum Gasteiger partial charge on any atom is 0.260 e. The minimum Gasteiger partial charge on any atom is -0.483 e. The fourth-order valence-electron chi connectivity index (χ4n) is 2.49. The van der Waals surface area contributed by atoms with Gasteiger partial charge in [0, 0.05) is 13.6 Å². The van der Waals surface area contributed by atoms with Gasteiger partial charge >= 0.3 is 0 Å². The Hall–Kier alpha value is -2.36. The first-order chi connectivity index (χ1) is 11.5. The van der Waals surface area contributed by atoms with Crippen molar-refractivity contribution in [2.24, 2.45) is 0 Å². The van der Waals surface area contributed by atoms with Gasteiger partial charge in [-0.25, -0.2) is 4.39 Å². The van der Waals surface area contributed by atoms with E-state index >= 15 is 0 Å². The maximum absolute atomic E-state index is 13.2. The van der Waals surface area contributed by atoms with Gasteiger partial charge in [0.05, 0.1) is 0 Å². The Bertz CT molecular complexity index is 687. The number of rotatable bonds is 7. The minimum atomic E-state index is -0.299. The van der Waals surface area contributed by atoms with E-state index in [1.54, 1.807) is 24.1 Å². The molecule has 0 aliphatic rings. The Labute approximate surface area is 143 Å². The monoisotopic (exact) mass is 329 g/mol. The van der Waals surface area contributed by atoms with Crippen LogP contribution >= 0.6 is 0 Å². The number of para-hydroxylation sites is 1.